The van der Waals surface area contributed by atoms with Crippen molar-refractivity contribution in [2.75, 3.05) is 27.2 Å². The molecule has 1 aromatic heterocycles. The van der Waals surface area contributed by atoms with E-state index in [0.29, 0.717) is 24.2 Å². The quantitative estimate of drug-likeness (QED) is 0.744. The van der Waals surface area contributed by atoms with E-state index < -0.39 is 0 Å². The standard InChI is InChI=1S/C20H21N5O/c1-24(2)8-9-25(14-16-5-3-4-15(10-16)12-21)20(26)17-6-7-19-18(11-17)13-22-23-19/h3-7,10-11,13H,8-9,14H2,1-2H3,(H,22,23). The Kier molecular flexibility index (Phi) is 5.30. The Bertz CT molecular complexity index is 954. The molecular weight excluding hydrogens is 326 g/mol. The Morgan fingerprint density at radius 2 is 2.04 bits per heavy atom. The van der Waals surface area contributed by atoms with Crippen LogP contribution in [0.4, 0.5) is 0 Å². The average molecular weight is 347 g/mol. The molecule has 1 amide bonds. The van der Waals surface area contributed by atoms with Crippen LogP contribution in [0.25, 0.3) is 10.9 Å². The minimum atomic E-state index is -0.0303. The molecule has 6 heteroatoms. The van der Waals surface area contributed by atoms with Crippen molar-refractivity contribution >= 4 is 16.8 Å². The van der Waals surface area contributed by atoms with Gasteiger partial charge in [0.25, 0.3) is 5.91 Å². The van der Waals surface area contributed by atoms with Crippen LogP contribution in [-0.4, -0.2) is 53.1 Å². The SMILES string of the molecule is CN(C)CCN(Cc1cccc(C#N)c1)C(=O)c1ccc2[nH]ncc2c1. The summed E-state index contributed by atoms with van der Waals surface area (Å²) >= 11 is 0. The second-order valence-electron chi connectivity index (χ2n) is 6.51. The lowest BCUT2D eigenvalue weighted by Crippen LogP contribution is -2.36. The number of amides is 1. The van der Waals surface area contributed by atoms with Gasteiger partial charge in [-0.3, -0.25) is 9.89 Å². The molecule has 1 N–H and O–H groups in total. The lowest BCUT2D eigenvalue weighted by atomic mass is 10.1. The highest BCUT2D eigenvalue weighted by Crippen LogP contribution is 2.16. The molecule has 0 aliphatic heterocycles. The van der Waals surface area contributed by atoms with Crippen molar-refractivity contribution in [1.82, 2.24) is 20.0 Å². The third kappa shape index (κ3) is 4.08. The Morgan fingerprint density at radius 1 is 1.19 bits per heavy atom. The van der Waals surface area contributed by atoms with Crippen LogP contribution < -0.4 is 0 Å². The molecule has 0 aliphatic rings. The molecule has 0 aliphatic carbocycles. The van der Waals surface area contributed by atoms with Crippen molar-refractivity contribution in [3.63, 3.8) is 0 Å². The first kappa shape index (κ1) is 17.6. The number of rotatable bonds is 6. The topological polar surface area (TPSA) is 76.0 Å². The molecule has 0 spiro atoms. The maximum Gasteiger partial charge on any atom is 0.254 e. The highest BCUT2D eigenvalue weighted by Gasteiger charge is 2.17. The van der Waals surface area contributed by atoms with Gasteiger partial charge in [0.1, 0.15) is 0 Å². The van der Waals surface area contributed by atoms with Gasteiger partial charge in [0.05, 0.1) is 23.3 Å². The summed E-state index contributed by atoms with van der Waals surface area (Å²) in [6, 6.07) is 15.1. The number of aromatic nitrogens is 2. The molecule has 3 aromatic rings. The molecule has 0 saturated carbocycles. The monoisotopic (exact) mass is 347 g/mol. The van der Waals surface area contributed by atoms with Gasteiger partial charge < -0.3 is 9.80 Å². The predicted octanol–water partition coefficient (Wildman–Crippen LogP) is 2.64. The zero-order chi connectivity index (χ0) is 18.5. The largest absolute Gasteiger partial charge is 0.333 e. The second-order valence-corrected chi connectivity index (χ2v) is 6.51. The molecule has 0 atom stereocenters. The number of likely N-dealkylation sites (N-methyl/N-ethyl adjacent to an activating group) is 1. The maximum absolute atomic E-state index is 13.1. The average Bonchev–Trinajstić information content (AvgIpc) is 3.12. The normalized spacial score (nSPS) is 10.8. The van der Waals surface area contributed by atoms with Crippen LogP contribution >= 0.6 is 0 Å². The van der Waals surface area contributed by atoms with Crippen molar-refractivity contribution in [1.29, 1.82) is 5.26 Å². The smallest absolute Gasteiger partial charge is 0.254 e. The summed E-state index contributed by atoms with van der Waals surface area (Å²) in [5.41, 5.74) is 3.08. The number of nitriles is 1. The molecule has 2 aromatic carbocycles. The fourth-order valence-corrected chi connectivity index (χ4v) is 2.79. The lowest BCUT2D eigenvalue weighted by molar-refractivity contribution is 0.0732. The van der Waals surface area contributed by atoms with Crippen LogP contribution in [0.5, 0.6) is 0 Å². The van der Waals surface area contributed by atoms with Gasteiger partial charge in [-0.2, -0.15) is 10.4 Å². The van der Waals surface area contributed by atoms with Gasteiger partial charge in [0.2, 0.25) is 0 Å². The lowest BCUT2D eigenvalue weighted by Gasteiger charge is -2.25. The highest BCUT2D eigenvalue weighted by atomic mass is 16.2. The Morgan fingerprint density at radius 3 is 2.81 bits per heavy atom. The fraction of sp³-hybridized carbons (Fsp3) is 0.250. The van der Waals surface area contributed by atoms with E-state index in [9.17, 15) is 4.79 Å². The third-order valence-electron chi connectivity index (χ3n) is 4.22. The molecule has 132 valence electrons. The van der Waals surface area contributed by atoms with Crippen molar-refractivity contribution in [2.24, 2.45) is 0 Å². The fourth-order valence-electron chi connectivity index (χ4n) is 2.79. The van der Waals surface area contributed by atoms with E-state index in [2.05, 4.69) is 16.3 Å². The van der Waals surface area contributed by atoms with E-state index in [1.54, 1.807) is 12.3 Å². The summed E-state index contributed by atoms with van der Waals surface area (Å²) in [7, 11) is 3.97. The Balaban J connectivity index is 1.86. The molecule has 3 rings (SSSR count). The highest BCUT2D eigenvalue weighted by molar-refractivity contribution is 5.97. The molecule has 1 heterocycles. The summed E-state index contributed by atoms with van der Waals surface area (Å²) < 4.78 is 0. The van der Waals surface area contributed by atoms with Gasteiger partial charge in [0.15, 0.2) is 0 Å². The van der Waals surface area contributed by atoms with Gasteiger partial charge in [-0.1, -0.05) is 12.1 Å². The molecule has 26 heavy (non-hydrogen) atoms. The molecule has 6 nitrogen and oxygen atoms in total. The number of benzene rings is 2. The molecule has 0 saturated heterocycles. The van der Waals surface area contributed by atoms with Gasteiger partial charge in [-0.15, -0.1) is 0 Å². The van der Waals surface area contributed by atoms with Gasteiger partial charge in [-0.05, 0) is 50.0 Å². The summed E-state index contributed by atoms with van der Waals surface area (Å²) in [4.78, 5) is 17.0. The minimum absolute atomic E-state index is 0.0303. The van der Waals surface area contributed by atoms with Gasteiger partial charge in [0, 0.05) is 30.6 Å². The van der Waals surface area contributed by atoms with Crippen LogP contribution in [0.15, 0.2) is 48.7 Å². The van der Waals surface area contributed by atoms with Crippen LogP contribution in [0.3, 0.4) is 0 Å². The zero-order valence-corrected chi connectivity index (χ0v) is 14.9. The number of nitrogens with zero attached hydrogens (tertiary/aromatic N) is 4. The molecule has 0 bridgehead atoms. The van der Waals surface area contributed by atoms with E-state index in [1.165, 1.54) is 0 Å². The minimum Gasteiger partial charge on any atom is -0.333 e. The van der Waals surface area contributed by atoms with Crippen LogP contribution in [0.2, 0.25) is 0 Å². The molecule has 0 fully saturated rings. The number of carbonyl (C=O) groups is 1. The van der Waals surface area contributed by atoms with Crippen molar-refractivity contribution < 1.29 is 4.79 Å². The number of aromatic amines is 1. The van der Waals surface area contributed by atoms with Crippen LogP contribution in [0.1, 0.15) is 21.5 Å². The van der Waals surface area contributed by atoms with Gasteiger partial charge in [-0.25, -0.2) is 0 Å². The zero-order valence-electron chi connectivity index (χ0n) is 14.9. The van der Waals surface area contributed by atoms with Crippen molar-refractivity contribution in [3.8, 4) is 6.07 Å². The second kappa shape index (κ2) is 7.81. The predicted molar refractivity (Wildman–Crippen MR) is 101 cm³/mol. The number of fused-ring (bicyclic) bond motifs is 1. The number of H-pyrrole nitrogens is 1. The molecule has 0 unspecified atom stereocenters. The molecular formula is C20H21N5O. The number of hydrogen-bond acceptors (Lipinski definition) is 4. The summed E-state index contributed by atoms with van der Waals surface area (Å²) in [5.74, 6) is -0.0303. The van der Waals surface area contributed by atoms with E-state index in [1.807, 2.05) is 60.3 Å². The van der Waals surface area contributed by atoms with E-state index in [0.717, 1.165) is 23.0 Å². The number of carbonyl (C=O) groups excluding carboxylic acids is 1. The van der Waals surface area contributed by atoms with Crippen LogP contribution in [0, 0.1) is 11.3 Å². The van der Waals surface area contributed by atoms with Crippen LogP contribution in [-0.2, 0) is 6.54 Å². The maximum atomic E-state index is 13.1. The summed E-state index contributed by atoms with van der Waals surface area (Å²) in [6.45, 7) is 1.83. The first-order valence-electron chi connectivity index (χ1n) is 8.43. The van der Waals surface area contributed by atoms with Gasteiger partial charge >= 0.3 is 0 Å². The Hall–Kier alpha value is -3.17. The Labute approximate surface area is 152 Å². The van der Waals surface area contributed by atoms with Crippen molar-refractivity contribution in [3.05, 3.63) is 65.4 Å². The first-order valence-corrected chi connectivity index (χ1v) is 8.43. The van der Waals surface area contributed by atoms with E-state index in [-0.39, 0.29) is 5.91 Å². The molecule has 0 radical (unpaired) electrons. The summed E-state index contributed by atoms with van der Waals surface area (Å²) in [5, 5.41) is 16.9. The number of nitrogens with one attached hydrogen (secondary N) is 1. The number of hydrogen-bond donors (Lipinski definition) is 1. The first-order chi connectivity index (χ1) is 12.6. The third-order valence-corrected chi connectivity index (χ3v) is 4.22. The van der Waals surface area contributed by atoms with E-state index >= 15 is 0 Å². The summed E-state index contributed by atoms with van der Waals surface area (Å²) in [6.07, 6.45) is 1.71. The van der Waals surface area contributed by atoms with Crippen molar-refractivity contribution in [2.45, 2.75) is 6.54 Å². The van der Waals surface area contributed by atoms with E-state index in [4.69, 9.17) is 5.26 Å².